The SMILES string of the molecule is CC1\C=C(Br)/N=C(Cl)\C(N2CCN(C(=O)OC(C)(C)C)CC2)=C\C1. The van der Waals surface area contributed by atoms with Crippen LogP contribution in [0, 0.1) is 5.92 Å². The lowest BCUT2D eigenvalue weighted by Crippen LogP contribution is -2.50. The summed E-state index contributed by atoms with van der Waals surface area (Å²) in [7, 11) is 0. The molecular formula is C17H25BrClN3O2. The fourth-order valence-electron chi connectivity index (χ4n) is 2.59. The standard InChI is InChI=1S/C17H25BrClN3O2/c1-12-5-6-13(15(19)20-14(18)11-12)21-7-9-22(10-8-21)16(23)24-17(2,3)4/h6,11-12H,5,7-10H2,1-4H3/b13-6-,14-11-,20-15+. The number of halogens is 2. The second kappa shape index (κ2) is 7.91. The molecule has 1 fully saturated rings. The molecule has 1 atom stereocenters. The largest absolute Gasteiger partial charge is 0.444 e. The van der Waals surface area contributed by atoms with E-state index in [1.165, 1.54) is 0 Å². The topological polar surface area (TPSA) is 45.1 Å². The van der Waals surface area contributed by atoms with Crippen molar-refractivity contribution in [2.75, 3.05) is 26.2 Å². The van der Waals surface area contributed by atoms with Gasteiger partial charge in [-0.1, -0.05) is 24.6 Å². The van der Waals surface area contributed by atoms with E-state index in [-0.39, 0.29) is 6.09 Å². The number of rotatable bonds is 1. The van der Waals surface area contributed by atoms with Crippen molar-refractivity contribution < 1.29 is 9.53 Å². The summed E-state index contributed by atoms with van der Waals surface area (Å²) in [4.78, 5) is 20.5. The predicted molar refractivity (Wildman–Crippen MR) is 102 cm³/mol. The maximum absolute atomic E-state index is 12.2. The van der Waals surface area contributed by atoms with Gasteiger partial charge in [0.05, 0.1) is 5.70 Å². The van der Waals surface area contributed by atoms with E-state index in [2.05, 4.69) is 44.9 Å². The molecular weight excluding hydrogens is 394 g/mol. The summed E-state index contributed by atoms with van der Waals surface area (Å²) in [6.45, 7) is 10.4. The van der Waals surface area contributed by atoms with Crippen molar-refractivity contribution in [3.05, 3.63) is 22.5 Å². The Hall–Kier alpha value is -1.01. The fraction of sp³-hybridized carbons (Fsp3) is 0.647. The lowest BCUT2D eigenvalue weighted by molar-refractivity contribution is 0.0172. The number of hydrogen-bond donors (Lipinski definition) is 0. The first-order valence-corrected chi connectivity index (χ1v) is 9.38. The number of carbonyl (C=O) groups is 1. The van der Waals surface area contributed by atoms with E-state index in [4.69, 9.17) is 16.3 Å². The van der Waals surface area contributed by atoms with Crippen LogP contribution in [0.5, 0.6) is 0 Å². The minimum atomic E-state index is -0.471. The van der Waals surface area contributed by atoms with Crippen LogP contribution in [0.25, 0.3) is 0 Å². The molecule has 2 aliphatic rings. The Bertz CT molecular complexity index is 573. The number of piperazine rings is 1. The van der Waals surface area contributed by atoms with Crippen molar-refractivity contribution in [1.82, 2.24) is 9.80 Å². The minimum absolute atomic E-state index is 0.257. The molecule has 2 rings (SSSR count). The molecule has 0 aromatic carbocycles. The number of carbonyl (C=O) groups excluding carboxylic acids is 1. The van der Waals surface area contributed by atoms with Gasteiger partial charge in [-0.25, -0.2) is 9.79 Å². The second-order valence-corrected chi connectivity index (χ2v) is 8.32. The normalized spacial score (nSPS) is 29.4. The van der Waals surface area contributed by atoms with Gasteiger partial charge in [0.25, 0.3) is 0 Å². The third-order valence-corrected chi connectivity index (χ3v) is 4.51. The number of aliphatic imine (C=N–C) groups is 1. The van der Waals surface area contributed by atoms with Crippen molar-refractivity contribution in [1.29, 1.82) is 0 Å². The number of hydrogen-bond acceptors (Lipinski definition) is 4. The quantitative estimate of drug-likeness (QED) is 0.595. The van der Waals surface area contributed by atoms with E-state index in [9.17, 15) is 4.79 Å². The van der Waals surface area contributed by atoms with Gasteiger partial charge in [0.15, 0.2) is 5.17 Å². The third-order valence-electron chi connectivity index (χ3n) is 3.79. The molecule has 1 amide bonds. The van der Waals surface area contributed by atoms with Crippen LogP contribution in [0.3, 0.4) is 0 Å². The van der Waals surface area contributed by atoms with Crippen LogP contribution in [-0.4, -0.2) is 52.8 Å². The number of allylic oxidation sites excluding steroid dienone is 3. The van der Waals surface area contributed by atoms with E-state index in [1.807, 2.05) is 20.8 Å². The van der Waals surface area contributed by atoms with Crippen LogP contribution >= 0.6 is 27.5 Å². The molecule has 0 N–H and O–H groups in total. The van der Waals surface area contributed by atoms with Gasteiger partial charge >= 0.3 is 6.09 Å². The highest BCUT2D eigenvalue weighted by Gasteiger charge is 2.27. The summed E-state index contributed by atoms with van der Waals surface area (Å²) in [5, 5.41) is 0.482. The Kier molecular flexibility index (Phi) is 6.37. The minimum Gasteiger partial charge on any atom is -0.444 e. The molecule has 2 aliphatic heterocycles. The maximum atomic E-state index is 12.2. The fourth-order valence-corrected chi connectivity index (χ4v) is 3.61. The van der Waals surface area contributed by atoms with E-state index >= 15 is 0 Å². The predicted octanol–water partition coefficient (Wildman–Crippen LogP) is 4.34. The summed E-state index contributed by atoms with van der Waals surface area (Å²) in [6, 6.07) is 0. The van der Waals surface area contributed by atoms with Gasteiger partial charge in [-0.15, -0.1) is 0 Å². The molecule has 0 radical (unpaired) electrons. The van der Waals surface area contributed by atoms with Crippen LogP contribution in [0.15, 0.2) is 27.4 Å². The van der Waals surface area contributed by atoms with Crippen molar-refractivity contribution in [3.8, 4) is 0 Å². The Morgan fingerprint density at radius 1 is 1.33 bits per heavy atom. The zero-order valence-electron chi connectivity index (χ0n) is 14.7. The molecule has 1 saturated heterocycles. The number of ether oxygens (including phenoxy) is 1. The Labute approximate surface area is 157 Å². The van der Waals surface area contributed by atoms with E-state index in [0.29, 0.717) is 37.3 Å². The van der Waals surface area contributed by atoms with Crippen LogP contribution in [0.2, 0.25) is 0 Å². The summed E-state index contributed by atoms with van der Waals surface area (Å²) in [5.41, 5.74) is 0.471. The number of amides is 1. The molecule has 7 heteroatoms. The first-order chi connectivity index (χ1) is 11.2. The maximum Gasteiger partial charge on any atom is 0.410 e. The monoisotopic (exact) mass is 417 g/mol. The summed E-state index contributed by atoms with van der Waals surface area (Å²) < 4.78 is 6.20. The van der Waals surface area contributed by atoms with E-state index in [1.54, 1.807) is 4.90 Å². The van der Waals surface area contributed by atoms with Crippen molar-refractivity contribution in [3.63, 3.8) is 0 Å². The van der Waals surface area contributed by atoms with Crippen LogP contribution in [-0.2, 0) is 4.74 Å². The lowest BCUT2D eigenvalue weighted by atomic mass is 10.1. The van der Waals surface area contributed by atoms with E-state index < -0.39 is 5.60 Å². The first-order valence-electron chi connectivity index (χ1n) is 8.20. The van der Waals surface area contributed by atoms with Gasteiger partial charge in [0.1, 0.15) is 10.2 Å². The Morgan fingerprint density at radius 3 is 2.54 bits per heavy atom. The van der Waals surface area contributed by atoms with Gasteiger partial charge in [0, 0.05) is 26.2 Å². The molecule has 1 unspecified atom stereocenters. The first kappa shape index (κ1) is 19.3. The molecule has 134 valence electrons. The van der Waals surface area contributed by atoms with Crippen LogP contribution in [0.4, 0.5) is 4.79 Å². The third kappa shape index (κ3) is 5.52. The molecule has 0 aliphatic carbocycles. The van der Waals surface area contributed by atoms with Gasteiger partial charge in [-0.2, -0.15) is 0 Å². The van der Waals surface area contributed by atoms with Crippen molar-refractivity contribution in [2.24, 2.45) is 10.9 Å². The number of nitrogens with zero attached hydrogens (tertiary/aromatic N) is 3. The highest BCUT2D eigenvalue weighted by Crippen LogP contribution is 2.24. The molecule has 0 aromatic rings. The highest BCUT2D eigenvalue weighted by atomic mass is 79.9. The van der Waals surface area contributed by atoms with Crippen LogP contribution < -0.4 is 0 Å². The Balaban J connectivity index is 2.01. The summed E-state index contributed by atoms with van der Waals surface area (Å²) in [6.07, 6.45) is 4.83. The zero-order chi connectivity index (χ0) is 17.9. The molecule has 0 bridgehead atoms. The van der Waals surface area contributed by atoms with Gasteiger partial charge < -0.3 is 14.5 Å². The molecule has 0 saturated carbocycles. The average Bonchev–Trinajstić information content (AvgIpc) is 2.44. The average molecular weight is 419 g/mol. The zero-order valence-corrected chi connectivity index (χ0v) is 17.0. The second-order valence-electron chi connectivity index (χ2n) is 7.15. The molecule has 24 heavy (non-hydrogen) atoms. The van der Waals surface area contributed by atoms with Gasteiger partial charge in [0.2, 0.25) is 0 Å². The highest BCUT2D eigenvalue weighted by molar-refractivity contribution is 9.11. The summed E-state index contributed by atoms with van der Waals surface area (Å²) >= 11 is 9.82. The smallest absolute Gasteiger partial charge is 0.410 e. The van der Waals surface area contributed by atoms with Gasteiger partial charge in [-0.3, -0.25) is 0 Å². The molecule has 5 nitrogen and oxygen atoms in total. The van der Waals surface area contributed by atoms with Gasteiger partial charge in [-0.05, 0) is 55.1 Å². The molecule has 0 aromatic heterocycles. The molecule has 2 heterocycles. The van der Waals surface area contributed by atoms with E-state index in [0.717, 1.165) is 16.7 Å². The van der Waals surface area contributed by atoms with Crippen molar-refractivity contribution in [2.45, 2.75) is 39.7 Å². The summed E-state index contributed by atoms with van der Waals surface area (Å²) in [5.74, 6) is 0.394. The van der Waals surface area contributed by atoms with Crippen molar-refractivity contribution >= 4 is 38.8 Å². The Morgan fingerprint density at radius 2 is 1.96 bits per heavy atom. The van der Waals surface area contributed by atoms with Crippen LogP contribution in [0.1, 0.15) is 34.1 Å². The lowest BCUT2D eigenvalue weighted by Gasteiger charge is -2.37. The molecule has 0 spiro atoms.